The predicted octanol–water partition coefficient (Wildman–Crippen LogP) is 9.74. The summed E-state index contributed by atoms with van der Waals surface area (Å²) in [7, 11) is 0. The van der Waals surface area contributed by atoms with Crippen molar-refractivity contribution < 1.29 is 0 Å². The molecule has 0 saturated heterocycles. The van der Waals surface area contributed by atoms with E-state index in [1.165, 1.54) is 21.9 Å². The van der Waals surface area contributed by atoms with Crippen LogP contribution in [0.25, 0.3) is 66.3 Å². The third-order valence-corrected chi connectivity index (χ3v) is 8.11. The Morgan fingerprint density at radius 2 is 1.32 bits per heavy atom. The lowest BCUT2D eigenvalue weighted by molar-refractivity contribution is 0.595. The van der Waals surface area contributed by atoms with Gasteiger partial charge in [-0.15, -0.1) is 0 Å². The summed E-state index contributed by atoms with van der Waals surface area (Å²) >= 11 is 0. The minimum atomic E-state index is -0.0749. The second-order valence-electron chi connectivity index (χ2n) is 13.1. The zero-order valence-corrected chi connectivity index (χ0v) is 24.5. The monoisotopic (exact) mass is 534 g/mol. The molecule has 0 spiro atoms. The van der Waals surface area contributed by atoms with Crippen LogP contribution in [-0.4, -0.2) is 19.9 Å². The lowest BCUT2D eigenvalue weighted by Crippen LogP contribution is -2.13. The molecule has 0 radical (unpaired) electrons. The number of rotatable bonds is 2. The van der Waals surface area contributed by atoms with E-state index in [2.05, 4.69) is 113 Å². The SMILES string of the molecule is CC(C)(C)c1ccnc2c1ccc1ccc3c(C(C)(C)C)cc(-c4cccc(-c5nc6ccccc6[nH]5)c4)nc3c12. The molecule has 4 heteroatoms. The minimum absolute atomic E-state index is 0.00566. The van der Waals surface area contributed by atoms with E-state index >= 15 is 0 Å². The van der Waals surface area contributed by atoms with Crippen LogP contribution in [0.1, 0.15) is 52.7 Å². The van der Waals surface area contributed by atoms with Gasteiger partial charge in [0.15, 0.2) is 0 Å². The smallest absolute Gasteiger partial charge is 0.138 e. The number of aromatic nitrogens is 4. The Balaban J connectivity index is 1.52. The van der Waals surface area contributed by atoms with E-state index in [1.54, 1.807) is 0 Å². The second kappa shape index (κ2) is 8.97. The van der Waals surface area contributed by atoms with Crippen molar-refractivity contribution in [1.29, 1.82) is 0 Å². The van der Waals surface area contributed by atoms with Crippen molar-refractivity contribution >= 4 is 43.6 Å². The number of H-pyrrole nitrogens is 1. The lowest BCUT2D eigenvalue weighted by Gasteiger charge is -2.24. The van der Waals surface area contributed by atoms with E-state index in [9.17, 15) is 0 Å². The molecule has 0 saturated carbocycles. The van der Waals surface area contributed by atoms with Crippen LogP contribution >= 0.6 is 0 Å². The molecule has 4 nitrogen and oxygen atoms in total. The summed E-state index contributed by atoms with van der Waals surface area (Å²) in [5.41, 5.74) is 9.58. The number of hydrogen-bond donors (Lipinski definition) is 1. The van der Waals surface area contributed by atoms with Crippen LogP contribution in [-0.2, 0) is 10.8 Å². The lowest BCUT2D eigenvalue weighted by atomic mass is 9.82. The summed E-state index contributed by atoms with van der Waals surface area (Å²) in [5, 5.41) is 4.64. The average molecular weight is 535 g/mol. The Morgan fingerprint density at radius 1 is 0.610 bits per heavy atom. The van der Waals surface area contributed by atoms with Crippen molar-refractivity contribution in [3.8, 4) is 22.6 Å². The maximum atomic E-state index is 5.40. The molecule has 4 aromatic carbocycles. The summed E-state index contributed by atoms with van der Waals surface area (Å²) in [6, 6.07) is 30.0. The quantitative estimate of drug-likeness (QED) is 0.225. The number of hydrogen-bond acceptors (Lipinski definition) is 3. The molecule has 0 unspecified atom stereocenters. The van der Waals surface area contributed by atoms with Crippen molar-refractivity contribution in [2.24, 2.45) is 0 Å². The van der Waals surface area contributed by atoms with Crippen molar-refractivity contribution in [2.45, 2.75) is 52.4 Å². The van der Waals surface area contributed by atoms with Crippen molar-refractivity contribution in [3.63, 3.8) is 0 Å². The summed E-state index contributed by atoms with van der Waals surface area (Å²) < 4.78 is 0. The first-order valence-electron chi connectivity index (χ1n) is 14.3. The molecule has 0 fully saturated rings. The molecule has 1 N–H and O–H groups in total. The summed E-state index contributed by atoms with van der Waals surface area (Å²) in [6.07, 6.45) is 1.95. The Hall–Kier alpha value is -4.57. The van der Waals surface area contributed by atoms with E-state index in [0.29, 0.717) is 0 Å². The molecule has 0 aliphatic carbocycles. The number of para-hydroxylation sites is 2. The fourth-order valence-electron chi connectivity index (χ4n) is 6.05. The number of pyridine rings is 2. The topological polar surface area (TPSA) is 54.5 Å². The zero-order chi connectivity index (χ0) is 28.5. The van der Waals surface area contributed by atoms with Gasteiger partial charge in [0.25, 0.3) is 0 Å². The van der Waals surface area contributed by atoms with E-state index in [1.807, 2.05) is 24.4 Å². The van der Waals surface area contributed by atoms with Gasteiger partial charge in [-0.1, -0.05) is 96.1 Å². The molecular weight excluding hydrogens is 500 g/mol. The van der Waals surface area contributed by atoms with Gasteiger partial charge >= 0.3 is 0 Å². The van der Waals surface area contributed by atoms with Crippen LogP contribution in [0.15, 0.2) is 91.1 Å². The summed E-state index contributed by atoms with van der Waals surface area (Å²) in [6.45, 7) is 13.6. The van der Waals surface area contributed by atoms with E-state index in [0.717, 1.165) is 55.5 Å². The number of nitrogens with one attached hydrogen (secondary N) is 1. The van der Waals surface area contributed by atoms with Crippen LogP contribution < -0.4 is 0 Å². The first-order valence-corrected chi connectivity index (χ1v) is 14.3. The molecule has 3 aromatic heterocycles. The fraction of sp³-hybridized carbons (Fsp3) is 0.216. The fourth-order valence-corrected chi connectivity index (χ4v) is 6.05. The Labute approximate surface area is 240 Å². The van der Waals surface area contributed by atoms with Crippen LogP contribution in [0.2, 0.25) is 0 Å². The third kappa shape index (κ3) is 4.26. The van der Waals surface area contributed by atoms with Gasteiger partial charge in [-0.25, -0.2) is 9.97 Å². The van der Waals surface area contributed by atoms with Gasteiger partial charge in [-0.3, -0.25) is 4.98 Å². The molecule has 3 heterocycles. The Morgan fingerprint density at radius 3 is 2.05 bits per heavy atom. The largest absolute Gasteiger partial charge is 0.338 e. The molecule has 202 valence electrons. The molecule has 0 aliphatic heterocycles. The van der Waals surface area contributed by atoms with E-state index in [-0.39, 0.29) is 10.8 Å². The van der Waals surface area contributed by atoms with Crippen molar-refractivity contribution in [3.05, 3.63) is 102 Å². The Bertz CT molecular complexity index is 2080. The first-order chi connectivity index (χ1) is 19.6. The minimum Gasteiger partial charge on any atom is -0.338 e. The summed E-state index contributed by atoms with van der Waals surface area (Å²) in [5.74, 6) is 0.861. The number of imidazole rings is 1. The highest BCUT2D eigenvalue weighted by molar-refractivity contribution is 6.18. The van der Waals surface area contributed by atoms with Crippen LogP contribution in [0, 0.1) is 0 Å². The van der Waals surface area contributed by atoms with Gasteiger partial charge < -0.3 is 4.98 Å². The molecule has 7 rings (SSSR count). The molecular formula is C37H34N4. The zero-order valence-electron chi connectivity index (χ0n) is 24.5. The average Bonchev–Trinajstić information content (AvgIpc) is 3.39. The Kier molecular flexibility index (Phi) is 5.56. The number of nitrogens with zero attached hydrogens (tertiary/aromatic N) is 3. The van der Waals surface area contributed by atoms with Gasteiger partial charge in [0.05, 0.1) is 27.8 Å². The van der Waals surface area contributed by atoms with Crippen LogP contribution in [0.3, 0.4) is 0 Å². The standard InChI is InChI=1S/C37H34N4/c1-36(2,3)27-18-19-38-33-25(27)16-14-22-15-17-26-28(37(4,5)6)21-31(39-34(26)32(22)33)23-10-9-11-24(20-23)35-40-29-12-7-8-13-30(29)41-35/h7-21H,1-6H3,(H,40,41). The van der Waals surface area contributed by atoms with Crippen molar-refractivity contribution in [2.75, 3.05) is 0 Å². The molecule has 0 amide bonds. The third-order valence-electron chi connectivity index (χ3n) is 8.11. The number of benzene rings is 4. The maximum Gasteiger partial charge on any atom is 0.138 e. The summed E-state index contributed by atoms with van der Waals surface area (Å²) in [4.78, 5) is 18.7. The van der Waals surface area contributed by atoms with Crippen LogP contribution in [0.5, 0.6) is 0 Å². The van der Waals surface area contributed by atoms with Gasteiger partial charge in [0.1, 0.15) is 5.82 Å². The van der Waals surface area contributed by atoms with Gasteiger partial charge in [0.2, 0.25) is 0 Å². The highest BCUT2D eigenvalue weighted by Crippen LogP contribution is 2.40. The van der Waals surface area contributed by atoms with Gasteiger partial charge in [0, 0.05) is 33.5 Å². The van der Waals surface area contributed by atoms with Crippen molar-refractivity contribution in [1.82, 2.24) is 19.9 Å². The second-order valence-corrected chi connectivity index (χ2v) is 13.1. The number of fused-ring (bicyclic) bond motifs is 6. The first kappa shape index (κ1) is 25.4. The van der Waals surface area contributed by atoms with Crippen LogP contribution in [0.4, 0.5) is 0 Å². The molecule has 41 heavy (non-hydrogen) atoms. The molecule has 7 aromatic rings. The molecule has 0 bridgehead atoms. The van der Waals surface area contributed by atoms with E-state index < -0.39 is 0 Å². The highest BCUT2D eigenvalue weighted by Gasteiger charge is 2.23. The number of aromatic amines is 1. The predicted molar refractivity (Wildman–Crippen MR) is 172 cm³/mol. The van der Waals surface area contributed by atoms with E-state index in [4.69, 9.17) is 15.0 Å². The highest BCUT2D eigenvalue weighted by atomic mass is 14.9. The molecule has 0 atom stereocenters. The maximum absolute atomic E-state index is 5.40. The van der Waals surface area contributed by atoms with Gasteiger partial charge in [-0.2, -0.15) is 0 Å². The normalized spacial score (nSPS) is 12.6. The molecule has 0 aliphatic rings. The van der Waals surface area contributed by atoms with Gasteiger partial charge in [-0.05, 0) is 57.7 Å².